The molecule has 0 saturated carbocycles. The van der Waals surface area contributed by atoms with Crippen molar-refractivity contribution in [3.63, 3.8) is 0 Å². The van der Waals surface area contributed by atoms with E-state index in [2.05, 4.69) is 178 Å². The van der Waals surface area contributed by atoms with Gasteiger partial charge in [0.2, 0.25) is 0 Å². The van der Waals surface area contributed by atoms with Crippen LogP contribution < -0.4 is 0 Å². The highest BCUT2D eigenvalue weighted by Crippen LogP contribution is 2.47. The second-order valence-corrected chi connectivity index (χ2v) is 13.8. The second kappa shape index (κ2) is 10.3. The highest BCUT2D eigenvalue weighted by atomic mass is 15.1. The zero-order valence-corrected chi connectivity index (χ0v) is 28.0. The van der Waals surface area contributed by atoms with Gasteiger partial charge in [-0.15, -0.1) is 0 Å². The van der Waals surface area contributed by atoms with Crippen molar-refractivity contribution in [2.75, 3.05) is 0 Å². The largest absolute Gasteiger partial charge is 0.309 e. The summed E-state index contributed by atoms with van der Waals surface area (Å²) < 4.78 is 4.74. The molecule has 4 heteroatoms. The van der Waals surface area contributed by atoms with Gasteiger partial charge in [-0.2, -0.15) is 0 Å². The molecule has 0 N–H and O–H groups in total. The second-order valence-electron chi connectivity index (χ2n) is 13.8. The van der Waals surface area contributed by atoms with E-state index in [1.807, 2.05) is 6.20 Å². The molecule has 240 valence electrons. The molecule has 1 aliphatic carbocycles. The molecular formula is C48H28N4. The van der Waals surface area contributed by atoms with Crippen LogP contribution in [0.5, 0.6) is 0 Å². The predicted molar refractivity (Wildman–Crippen MR) is 216 cm³/mol. The van der Waals surface area contributed by atoms with Gasteiger partial charge in [0, 0.05) is 55.3 Å². The first-order valence-electron chi connectivity index (χ1n) is 17.7. The van der Waals surface area contributed by atoms with Gasteiger partial charge in [-0.3, -0.25) is 9.55 Å². The summed E-state index contributed by atoms with van der Waals surface area (Å²) >= 11 is 0. The van der Waals surface area contributed by atoms with E-state index in [-0.39, 0.29) is 0 Å². The number of nitrogens with zero attached hydrogens (tertiary/aromatic N) is 4. The molecule has 11 aromatic rings. The van der Waals surface area contributed by atoms with Gasteiger partial charge >= 0.3 is 0 Å². The van der Waals surface area contributed by atoms with Gasteiger partial charge in [0.05, 0.1) is 33.3 Å². The molecule has 0 saturated heterocycles. The minimum absolute atomic E-state index is 0.913. The third-order valence-electron chi connectivity index (χ3n) is 11.1. The number of benzene rings is 7. The molecule has 0 bridgehead atoms. The molecule has 0 spiro atoms. The summed E-state index contributed by atoms with van der Waals surface area (Å²) in [5.74, 6) is 0.913. The summed E-state index contributed by atoms with van der Waals surface area (Å²) in [6.45, 7) is 0. The van der Waals surface area contributed by atoms with Crippen LogP contribution in [0.25, 0.3) is 110 Å². The van der Waals surface area contributed by atoms with Gasteiger partial charge in [-0.05, 0) is 88.8 Å². The van der Waals surface area contributed by atoms with Gasteiger partial charge in [0.1, 0.15) is 5.82 Å². The third-order valence-corrected chi connectivity index (χ3v) is 11.1. The lowest BCUT2D eigenvalue weighted by Gasteiger charge is -2.11. The molecule has 7 aromatic carbocycles. The Hall–Kier alpha value is -7.04. The van der Waals surface area contributed by atoms with E-state index < -0.39 is 0 Å². The fourth-order valence-electron chi connectivity index (χ4n) is 8.83. The van der Waals surface area contributed by atoms with E-state index in [1.165, 1.54) is 76.6 Å². The molecule has 1 aliphatic rings. The molecule has 4 heterocycles. The van der Waals surface area contributed by atoms with Gasteiger partial charge in [0.15, 0.2) is 0 Å². The Morgan fingerprint density at radius 1 is 0.423 bits per heavy atom. The van der Waals surface area contributed by atoms with Crippen molar-refractivity contribution < 1.29 is 0 Å². The summed E-state index contributed by atoms with van der Waals surface area (Å²) in [6, 6.07) is 59.3. The van der Waals surface area contributed by atoms with Crippen molar-refractivity contribution >= 4 is 65.3 Å². The zero-order chi connectivity index (χ0) is 33.9. The minimum atomic E-state index is 0.913. The first kappa shape index (κ1) is 27.7. The topological polar surface area (TPSA) is 35.6 Å². The standard InChI is InChI=1S/C48H28N4/c1-2-10-32(11-3-1)51-42-16-7-6-13-34(42)39-27-30(18-22-43(39)51)31-19-23-44-40(28-31)37-20-17-29-9-4-5-12-33(29)48(37)52(44)45-24-21-36-35-14-8-15-41-46(35)38(25-26-49-41)47(36)50-45/h1-28H. The van der Waals surface area contributed by atoms with Crippen LogP contribution in [0.3, 0.4) is 0 Å². The number of rotatable bonds is 3. The van der Waals surface area contributed by atoms with Gasteiger partial charge in [-0.25, -0.2) is 4.98 Å². The quantitative estimate of drug-likeness (QED) is 0.189. The summed E-state index contributed by atoms with van der Waals surface area (Å²) in [6.07, 6.45) is 1.90. The Kier molecular flexibility index (Phi) is 5.47. The molecule has 0 fully saturated rings. The number of pyridine rings is 2. The zero-order valence-electron chi connectivity index (χ0n) is 28.0. The first-order chi connectivity index (χ1) is 25.8. The molecule has 0 amide bonds. The fourth-order valence-corrected chi connectivity index (χ4v) is 8.83. The Labute approximate surface area is 298 Å². The Bertz CT molecular complexity index is 3290. The number of para-hydroxylation sites is 2. The van der Waals surface area contributed by atoms with Crippen LogP contribution in [0.2, 0.25) is 0 Å². The van der Waals surface area contributed by atoms with Crippen LogP contribution in [-0.4, -0.2) is 19.1 Å². The van der Waals surface area contributed by atoms with Crippen molar-refractivity contribution in [2.24, 2.45) is 0 Å². The minimum Gasteiger partial charge on any atom is -0.309 e. The van der Waals surface area contributed by atoms with Gasteiger partial charge in [0.25, 0.3) is 0 Å². The van der Waals surface area contributed by atoms with Crippen LogP contribution in [0, 0.1) is 0 Å². The Morgan fingerprint density at radius 3 is 2.02 bits per heavy atom. The Balaban J connectivity index is 1.09. The highest BCUT2D eigenvalue weighted by molar-refractivity contribution is 6.20. The molecule has 4 aromatic heterocycles. The number of fused-ring (bicyclic) bond motifs is 11. The molecule has 12 rings (SSSR count). The van der Waals surface area contributed by atoms with E-state index >= 15 is 0 Å². The van der Waals surface area contributed by atoms with Crippen molar-refractivity contribution in [3.8, 4) is 45.0 Å². The maximum Gasteiger partial charge on any atom is 0.138 e. The normalized spacial score (nSPS) is 12.2. The Morgan fingerprint density at radius 2 is 1.15 bits per heavy atom. The molecule has 0 aliphatic heterocycles. The van der Waals surface area contributed by atoms with Crippen molar-refractivity contribution in [2.45, 2.75) is 0 Å². The molecule has 4 nitrogen and oxygen atoms in total. The SMILES string of the molecule is c1ccc(-n2c3ccccc3c3cc(-c4ccc5c(c4)c4ccc6ccccc6c4n5-c4ccc5c(n4)-c4ccnc6cccc-5c46)ccc32)cc1. The maximum atomic E-state index is 5.45. The summed E-state index contributed by atoms with van der Waals surface area (Å²) in [5, 5.41) is 8.54. The number of aromatic nitrogens is 4. The predicted octanol–water partition coefficient (Wildman–Crippen LogP) is 12.3. The van der Waals surface area contributed by atoms with Crippen molar-refractivity contribution in [3.05, 3.63) is 170 Å². The first-order valence-corrected chi connectivity index (χ1v) is 17.7. The highest BCUT2D eigenvalue weighted by Gasteiger charge is 2.25. The lowest BCUT2D eigenvalue weighted by molar-refractivity contribution is 1.09. The number of hydrogen-bond donors (Lipinski definition) is 0. The van der Waals surface area contributed by atoms with Crippen LogP contribution in [0.1, 0.15) is 0 Å². The summed E-state index contributed by atoms with van der Waals surface area (Å²) in [5.41, 5.74) is 13.8. The van der Waals surface area contributed by atoms with E-state index in [0.717, 1.165) is 33.7 Å². The van der Waals surface area contributed by atoms with E-state index in [9.17, 15) is 0 Å². The van der Waals surface area contributed by atoms with Crippen LogP contribution in [-0.2, 0) is 0 Å². The maximum absolute atomic E-state index is 5.45. The number of hydrogen-bond acceptors (Lipinski definition) is 2. The van der Waals surface area contributed by atoms with Crippen LogP contribution >= 0.6 is 0 Å². The fraction of sp³-hybridized carbons (Fsp3) is 0. The van der Waals surface area contributed by atoms with E-state index in [4.69, 9.17) is 4.98 Å². The molecule has 0 unspecified atom stereocenters. The lowest BCUT2D eigenvalue weighted by atomic mass is 10.00. The molecule has 0 atom stereocenters. The van der Waals surface area contributed by atoms with E-state index in [1.54, 1.807) is 0 Å². The monoisotopic (exact) mass is 660 g/mol. The summed E-state index contributed by atoms with van der Waals surface area (Å²) in [4.78, 5) is 10.1. The van der Waals surface area contributed by atoms with Crippen molar-refractivity contribution in [1.82, 2.24) is 19.1 Å². The molecule has 0 radical (unpaired) electrons. The smallest absolute Gasteiger partial charge is 0.138 e. The van der Waals surface area contributed by atoms with Crippen molar-refractivity contribution in [1.29, 1.82) is 0 Å². The average molecular weight is 661 g/mol. The average Bonchev–Trinajstić information content (AvgIpc) is 3.84. The van der Waals surface area contributed by atoms with Crippen LogP contribution in [0.15, 0.2) is 170 Å². The van der Waals surface area contributed by atoms with E-state index in [0.29, 0.717) is 0 Å². The lowest BCUT2D eigenvalue weighted by Crippen LogP contribution is -1.99. The molecular weight excluding hydrogens is 633 g/mol. The van der Waals surface area contributed by atoms with Crippen LogP contribution in [0.4, 0.5) is 0 Å². The molecule has 52 heavy (non-hydrogen) atoms. The third kappa shape index (κ3) is 3.70. The van der Waals surface area contributed by atoms with Gasteiger partial charge in [-0.1, -0.05) is 97.1 Å². The van der Waals surface area contributed by atoms with Gasteiger partial charge < -0.3 is 4.57 Å². The summed E-state index contributed by atoms with van der Waals surface area (Å²) in [7, 11) is 0.